The van der Waals surface area contributed by atoms with Crippen LogP contribution >= 0.6 is 15.9 Å². The highest BCUT2D eigenvalue weighted by molar-refractivity contribution is 9.10. The number of hydrogen-bond donors (Lipinski definition) is 2. The summed E-state index contributed by atoms with van der Waals surface area (Å²) in [5.74, 6) is -2.58. The van der Waals surface area contributed by atoms with Crippen molar-refractivity contribution in [3.63, 3.8) is 0 Å². The minimum absolute atomic E-state index is 0.0590. The van der Waals surface area contributed by atoms with E-state index < -0.39 is 17.7 Å². The Labute approximate surface area is 122 Å². The van der Waals surface area contributed by atoms with Gasteiger partial charge in [0.2, 0.25) is 0 Å². The Morgan fingerprint density at radius 1 is 1.05 bits per heavy atom. The van der Waals surface area contributed by atoms with Gasteiger partial charge in [0.05, 0.1) is 21.3 Å². The van der Waals surface area contributed by atoms with E-state index >= 15 is 0 Å². The van der Waals surface area contributed by atoms with E-state index in [4.69, 9.17) is 5.11 Å². The monoisotopic (exact) mass is 337 g/mol. The molecule has 0 fully saturated rings. The van der Waals surface area contributed by atoms with Crippen LogP contribution in [0.4, 0.5) is 10.1 Å². The van der Waals surface area contributed by atoms with E-state index in [1.165, 1.54) is 30.3 Å². The van der Waals surface area contributed by atoms with Crippen LogP contribution in [0.3, 0.4) is 0 Å². The van der Waals surface area contributed by atoms with Crippen LogP contribution in [-0.4, -0.2) is 17.0 Å². The van der Waals surface area contributed by atoms with Crippen LogP contribution in [-0.2, 0) is 0 Å². The predicted molar refractivity (Wildman–Crippen MR) is 75.5 cm³/mol. The molecule has 0 saturated heterocycles. The highest BCUT2D eigenvalue weighted by Gasteiger charge is 2.16. The zero-order valence-electron chi connectivity index (χ0n) is 10.1. The molecule has 0 aliphatic carbocycles. The van der Waals surface area contributed by atoms with E-state index in [0.717, 1.165) is 0 Å². The number of amides is 1. The number of benzene rings is 2. The van der Waals surface area contributed by atoms with Gasteiger partial charge >= 0.3 is 5.97 Å². The van der Waals surface area contributed by atoms with E-state index in [0.29, 0.717) is 0 Å². The molecule has 0 bridgehead atoms. The third-order valence-electron chi connectivity index (χ3n) is 2.60. The molecule has 0 unspecified atom stereocenters. The zero-order valence-corrected chi connectivity index (χ0v) is 11.6. The molecule has 0 aliphatic heterocycles. The largest absolute Gasteiger partial charge is 0.478 e. The molecule has 0 saturated carbocycles. The third-order valence-corrected chi connectivity index (χ3v) is 3.21. The lowest BCUT2D eigenvalue weighted by atomic mass is 10.1. The molecule has 6 heteroatoms. The summed E-state index contributed by atoms with van der Waals surface area (Å²) in [4.78, 5) is 23.0. The third kappa shape index (κ3) is 2.85. The topological polar surface area (TPSA) is 66.4 Å². The molecule has 2 aromatic rings. The van der Waals surface area contributed by atoms with Gasteiger partial charge in [0.15, 0.2) is 0 Å². The minimum atomic E-state index is -1.17. The van der Waals surface area contributed by atoms with E-state index in [1.54, 1.807) is 12.1 Å². The number of nitrogens with one attached hydrogen (secondary N) is 1. The maximum absolute atomic E-state index is 13.8. The van der Waals surface area contributed by atoms with Crippen molar-refractivity contribution in [3.8, 4) is 0 Å². The fourth-order valence-corrected chi connectivity index (χ4v) is 2.01. The van der Waals surface area contributed by atoms with Crippen LogP contribution in [0.15, 0.2) is 46.9 Å². The number of anilines is 1. The first-order valence-corrected chi connectivity index (χ1v) is 6.37. The summed E-state index contributed by atoms with van der Waals surface area (Å²) in [6.45, 7) is 0. The summed E-state index contributed by atoms with van der Waals surface area (Å²) in [7, 11) is 0. The Morgan fingerprint density at radius 3 is 2.40 bits per heavy atom. The second-order valence-corrected chi connectivity index (χ2v) is 4.76. The molecule has 0 heterocycles. The maximum atomic E-state index is 13.8. The van der Waals surface area contributed by atoms with Gasteiger partial charge in [0.25, 0.3) is 5.91 Å². The Bertz CT molecular complexity index is 688. The fourth-order valence-electron chi connectivity index (χ4n) is 1.65. The Kier molecular flexibility index (Phi) is 4.14. The van der Waals surface area contributed by atoms with Crippen molar-refractivity contribution in [2.24, 2.45) is 0 Å². The predicted octanol–water partition coefficient (Wildman–Crippen LogP) is 3.54. The molecule has 1 amide bonds. The first-order chi connectivity index (χ1) is 9.50. The Morgan fingerprint density at radius 2 is 1.70 bits per heavy atom. The first kappa shape index (κ1) is 14.2. The maximum Gasteiger partial charge on any atom is 0.337 e. The molecule has 4 nitrogen and oxygen atoms in total. The Balaban J connectivity index is 2.33. The highest BCUT2D eigenvalue weighted by Crippen LogP contribution is 2.21. The molecule has 2 rings (SSSR count). The molecular weight excluding hydrogens is 329 g/mol. The summed E-state index contributed by atoms with van der Waals surface area (Å²) in [5, 5.41) is 11.4. The van der Waals surface area contributed by atoms with Gasteiger partial charge in [-0.1, -0.05) is 18.2 Å². The van der Waals surface area contributed by atoms with Gasteiger partial charge in [-0.15, -0.1) is 0 Å². The van der Waals surface area contributed by atoms with Gasteiger partial charge in [-0.05, 0) is 40.2 Å². The molecule has 0 aromatic heterocycles. The van der Waals surface area contributed by atoms with Gasteiger partial charge in [-0.2, -0.15) is 0 Å². The van der Waals surface area contributed by atoms with Crippen molar-refractivity contribution in [3.05, 3.63) is 63.9 Å². The molecule has 0 radical (unpaired) electrons. The van der Waals surface area contributed by atoms with Crippen molar-refractivity contribution >= 4 is 33.5 Å². The van der Waals surface area contributed by atoms with E-state index in [1.807, 2.05) is 0 Å². The quantitative estimate of drug-likeness (QED) is 0.900. The summed E-state index contributed by atoms with van der Waals surface area (Å²) >= 11 is 2.99. The number of carbonyl (C=O) groups excluding carboxylic acids is 1. The van der Waals surface area contributed by atoms with Gasteiger partial charge < -0.3 is 10.4 Å². The SMILES string of the molecule is O=C(O)c1ccccc1NC(=O)c1cccc(Br)c1F. The standard InChI is InChI=1S/C14H9BrFNO3/c15-10-6-3-5-9(12(10)16)13(18)17-11-7-2-1-4-8(11)14(19)20/h1-7H,(H,17,18)(H,19,20). The van der Waals surface area contributed by atoms with Crippen molar-refractivity contribution in [2.75, 3.05) is 5.32 Å². The second-order valence-electron chi connectivity index (χ2n) is 3.91. The van der Waals surface area contributed by atoms with Crippen molar-refractivity contribution in [2.45, 2.75) is 0 Å². The molecule has 2 aromatic carbocycles. The van der Waals surface area contributed by atoms with E-state index in [9.17, 15) is 14.0 Å². The smallest absolute Gasteiger partial charge is 0.337 e. The van der Waals surface area contributed by atoms with Crippen molar-refractivity contribution in [1.82, 2.24) is 0 Å². The molecule has 20 heavy (non-hydrogen) atoms. The molecule has 0 spiro atoms. The lowest BCUT2D eigenvalue weighted by molar-refractivity contribution is 0.0698. The average Bonchev–Trinajstić information content (AvgIpc) is 2.42. The zero-order chi connectivity index (χ0) is 14.7. The van der Waals surface area contributed by atoms with Crippen molar-refractivity contribution < 1.29 is 19.1 Å². The summed E-state index contributed by atoms with van der Waals surface area (Å²) in [6, 6.07) is 10.2. The summed E-state index contributed by atoms with van der Waals surface area (Å²) < 4.78 is 14.0. The summed E-state index contributed by atoms with van der Waals surface area (Å²) in [6.07, 6.45) is 0. The fraction of sp³-hybridized carbons (Fsp3) is 0. The average molecular weight is 338 g/mol. The number of carboxylic acid groups (broad SMARTS) is 1. The number of aromatic carboxylic acids is 1. The van der Waals surface area contributed by atoms with Gasteiger partial charge in [-0.25, -0.2) is 9.18 Å². The normalized spacial score (nSPS) is 10.1. The number of para-hydroxylation sites is 1. The molecule has 0 atom stereocenters. The Hall–Kier alpha value is -2.21. The lowest BCUT2D eigenvalue weighted by Gasteiger charge is -2.09. The lowest BCUT2D eigenvalue weighted by Crippen LogP contribution is -2.16. The van der Waals surface area contributed by atoms with Crippen LogP contribution in [0.2, 0.25) is 0 Å². The van der Waals surface area contributed by atoms with Gasteiger partial charge in [0.1, 0.15) is 5.82 Å². The van der Waals surface area contributed by atoms with Gasteiger partial charge in [0, 0.05) is 0 Å². The van der Waals surface area contributed by atoms with E-state index in [-0.39, 0.29) is 21.3 Å². The van der Waals surface area contributed by atoms with Gasteiger partial charge in [-0.3, -0.25) is 4.79 Å². The highest BCUT2D eigenvalue weighted by atomic mass is 79.9. The number of carboxylic acids is 1. The van der Waals surface area contributed by atoms with Crippen LogP contribution in [0.5, 0.6) is 0 Å². The minimum Gasteiger partial charge on any atom is -0.478 e. The molecule has 102 valence electrons. The number of rotatable bonds is 3. The number of carbonyl (C=O) groups is 2. The van der Waals surface area contributed by atoms with Crippen LogP contribution < -0.4 is 5.32 Å². The number of halogens is 2. The van der Waals surface area contributed by atoms with Crippen LogP contribution in [0, 0.1) is 5.82 Å². The molecule has 2 N–H and O–H groups in total. The first-order valence-electron chi connectivity index (χ1n) is 5.58. The van der Waals surface area contributed by atoms with E-state index in [2.05, 4.69) is 21.2 Å². The second kappa shape index (κ2) is 5.83. The summed E-state index contributed by atoms with van der Waals surface area (Å²) in [5.41, 5.74) is -0.111. The van der Waals surface area contributed by atoms with Crippen LogP contribution in [0.25, 0.3) is 0 Å². The molecular formula is C14H9BrFNO3. The number of hydrogen-bond acceptors (Lipinski definition) is 2. The van der Waals surface area contributed by atoms with Crippen molar-refractivity contribution in [1.29, 1.82) is 0 Å². The van der Waals surface area contributed by atoms with Crippen LogP contribution in [0.1, 0.15) is 20.7 Å². The molecule has 0 aliphatic rings.